The second kappa shape index (κ2) is 4.74. The number of rotatable bonds is 2. The maximum atomic E-state index is 11.9. The molecule has 92 valence electrons. The molecule has 1 spiro atoms. The van der Waals surface area contributed by atoms with Crippen LogP contribution in [0.1, 0.15) is 52.4 Å². The lowest BCUT2D eigenvalue weighted by Gasteiger charge is -2.43. The first-order valence-corrected chi connectivity index (χ1v) is 6.57. The van der Waals surface area contributed by atoms with E-state index < -0.39 is 0 Å². The average molecular weight is 225 g/mol. The highest BCUT2D eigenvalue weighted by atomic mass is 16.5. The Morgan fingerprint density at radius 1 is 1.38 bits per heavy atom. The fraction of sp³-hybridized carbons (Fsp3) is 0.923. The first-order chi connectivity index (χ1) is 7.62. The predicted octanol–water partition coefficient (Wildman–Crippen LogP) is 2.25. The molecule has 0 aromatic carbocycles. The molecule has 1 aliphatic carbocycles. The summed E-state index contributed by atoms with van der Waals surface area (Å²) in [5, 5.41) is 3.58. The van der Waals surface area contributed by atoms with Gasteiger partial charge in [-0.25, -0.2) is 0 Å². The molecule has 1 saturated carbocycles. The number of carbonyl (C=O) groups excluding carboxylic acids is 1. The van der Waals surface area contributed by atoms with Gasteiger partial charge in [-0.2, -0.15) is 0 Å². The second-order valence-corrected chi connectivity index (χ2v) is 5.71. The largest absolute Gasteiger partial charge is 0.463 e. The molecule has 0 bridgehead atoms. The molecule has 2 rings (SSSR count). The van der Waals surface area contributed by atoms with Gasteiger partial charge in [-0.3, -0.25) is 10.1 Å². The van der Waals surface area contributed by atoms with Crippen LogP contribution in [0.15, 0.2) is 0 Å². The van der Waals surface area contributed by atoms with Crippen LogP contribution in [-0.4, -0.2) is 24.2 Å². The van der Waals surface area contributed by atoms with Crippen molar-refractivity contribution in [3.63, 3.8) is 0 Å². The highest BCUT2D eigenvalue weighted by Gasteiger charge is 2.45. The van der Waals surface area contributed by atoms with Gasteiger partial charge in [0.25, 0.3) is 0 Å². The molecule has 3 heteroatoms. The summed E-state index contributed by atoms with van der Waals surface area (Å²) in [4.78, 5) is 11.9. The lowest BCUT2D eigenvalue weighted by Crippen LogP contribution is -2.63. The Morgan fingerprint density at radius 2 is 2.06 bits per heavy atom. The van der Waals surface area contributed by atoms with Crippen LogP contribution < -0.4 is 5.32 Å². The topological polar surface area (TPSA) is 38.3 Å². The van der Waals surface area contributed by atoms with Crippen LogP contribution in [0.2, 0.25) is 0 Å². The number of hydrogen-bond donors (Lipinski definition) is 1. The van der Waals surface area contributed by atoms with E-state index in [4.69, 9.17) is 4.74 Å². The van der Waals surface area contributed by atoms with Gasteiger partial charge < -0.3 is 4.74 Å². The lowest BCUT2D eigenvalue weighted by atomic mass is 9.80. The zero-order chi connectivity index (χ0) is 11.6. The second-order valence-electron chi connectivity index (χ2n) is 5.71. The van der Waals surface area contributed by atoms with E-state index in [2.05, 4.69) is 19.2 Å². The minimum absolute atomic E-state index is 0.00722. The van der Waals surface area contributed by atoms with Crippen molar-refractivity contribution >= 4 is 5.97 Å². The normalized spacial score (nSPS) is 29.4. The van der Waals surface area contributed by atoms with Crippen molar-refractivity contribution in [2.24, 2.45) is 5.92 Å². The van der Waals surface area contributed by atoms with Gasteiger partial charge >= 0.3 is 5.97 Å². The lowest BCUT2D eigenvalue weighted by molar-refractivity contribution is -0.161. The molecule has 1 atom stereocenters. The molecule has 0 amide bonds. The van der Waals surface area contributed by atoms with Crippen LogP contribution in [0.4, 0.5) is 0 Å². The van der Waals surface area contributed by atoms with E-state index in [1.807, 2.05) is 0 Å². The van der Waals surface area contributed by atoms with Crippen molar-refractivity contribution in [2.75, 3.05) is 6.61 Å². The van der Waals surface area contributed by atoms with Gasteiger partial charge in [0.1, 0.15) is 12.1 Å². The van der Waals surface area contributed by atoms with Crippen LogP contribution in [0.3, 0.4) is 0 Å². The molecule has 1 aliphatic heterocycles. The van der Waals surface area contributed by atoms with Crippen LogP contribution >= 0.6 is 0 Å². The van der Waals surface area contributed by atoms with E-state index in [1.165, 1.54) is 6.42 Å². The smallest absolute Gasteiger partial charge is 0.326 e. The highest BCUT2D eigenvalue weighted by molar-refractivity contribution is 5.81. The summed E-state index contributed by atoms with van der Waals surface area (Å²) in [6.07, 6.45) is 6.56. The highest BCUT2D eigenvalue weighted by Crippen LogP contribution is 2.32. The monoisotopic (exact) mass is 225 g/mol. The van der Waals surface area contributed by atoms with Crippen molar-refractivity contribution < 1.29 is 9.53 Å². The van der Waals surface area contributed by atoms with E-state index in [-0.39, 0.29) is 11.5 Å². The Morgan fingerprint density at radius 3 is 2.69 bits per heavy atom. The van der Waals surface area contributed by atoms with E-state index in [0.29, 0.717) is 18.6 Å². The Bertz CT molecular complexity index is 257. The van der Waals surface area contributed by atoms with Gasteiger partial charge in [-0.15, -0.1) is 0 Å². The molecular formula is C13H23NO2. The molecule has 0 unspecified atom stereocenters. The van der Waals surface area contributed by atoms with Gasteiger partial charge in [-0.05, 0) is 25.2 Å². The number of carbonyl (C=O) groups is 1. The SMILES string of the molecule is CC(C)C[C@H]1COC(=O)C2(CCCCC2)N1. The van der Waals surface area contributed by atoms with Gasteiger partial charge in [0.2, 0.25) is 0 Å². The third-order valence-electron chi connectivity index (χ3n) is 3.75. The minimum Gasteiger partial charge on any atom is -0.463 e. The number of esters is 1. The third-order valence-corrected chi connectivity index (χ3v) is 3.75. The molecule has 2 fully saturated rings. The Kier molecular flexibility index (Phi) is 3.53. The quantitative estimate of drug-likeness (QED) is 0.733. The first kappa shape index (κ1) is 11.9. The minimum atomic E-state index is -0.337. The van der Waals surface area contributed by atoms with Crippen molar-refractivity contribution in [1.29, 1.82) is 0 Å². The molecule has 1 heterocycles. The summed E-state index contributed by atoms with van der Waals surface area (Å²) in [5.41, 5.74) is -0.337. The number of hydrogen-bond acceptors (Lipinski definition) is 3. The Balaban J connectivity index is 2.01. The number of morpholine rings is 1. The molecule has 16 heavy (non-hydrogen) atoms. The summed E-state index contributed by atoms with van der Waals surface area (Å²) < 4.78 is 5.38. The van der Waals surface area contributed by atoms with E-state index >= 15 is 0 Å². The summed E-state index contributed by atoms with van der Waals surface area (Å²) in [6, 6.07) is 0.357. The fourth-order valence-electron chi connectivity index (χ4n) is 3.01. The average Bonchev–Trinajstić information content (AvgIpc) is 2.24. The molecule has 0 radical (unpaired) electrons. The zero-order valence-corrected chi connectivity index (χ0v) is 10.4. The number of nitrogens with one attached hydrogen (secondary N) is 1. The van der Waals surface area contributed by atoms with Crippen molar-refractivity contribution in [3.05, 3.63) is 0 Å². The van der Waals surface area contributed by atoms with Crippen LogP contribution in [0, 0.1) is 5.92 Å². The maximum Gasteiger partial charge on any atom is 0.326 e. The van der Waals surface area contributed by atoms with Crippen LogP contribution in [-0.2, 0) is 9.53 Å². The Labute approximate surface area is 97.9 Å². The van der Waals surface area contributed by atoms with Gasteiger partial charge in [-0.1, -0.05) is 33.1 Å². The van der Waals surface area contributed by atoms with Gasteiger partial charge in [0.15, 0.2) is 0 Å². The molecule has 2 aliphatic rings. The predicted molar refractivity (Wildman–Crippen MR) is 63.2 cm³/mol. The molecular weight excluding hydrogens is 202 g/mol. The van der Waals surface area contributed by atoms with Gasteiger partial charge in [0.05, 0.1) is 0 Å². The van der Waals surface area contributed by atoms with Gasteiger partial charge in [0, 0.05) is 6.04 Å². The number of cyclic esters (lactones) is 1. The van der Waals surface area contributed by atoms with E-state index in [1.54, 1.807) is 0 Å². The fourth-order valence-corrected chi connectivity index (χ4v) is 3.01. The standard InChI is InChI=1S/C13H23NO2/c1-10(2)8-11-9-16-12(15)13(14-11)6-4-3-5-7-13/h10-11,14H,3-9H2,1-2H3/t11-/m0/s1. The Hall–Kier alpha value is -0.570. The molecule has 0 aromatic rings. The summed E-state index contributed by atoms with van der Waals surface area (Å²) in [5.74, 6) is 0.641. The summed E-state index contributed by atoms with van der Waals surface area (Å²) in [7, 11) is 0. The van der Waals surface area contributed by atoms with Crippen molar-refractivity contribution in [2.45, 2.75) is 64.0 Å². The maximum absolute atomic E-state index is 11.9. The van der Waals surface area contributed by atoms with Crippen LogP contribution in [0.25, 0.3) is 0 Å². The summed E-state index contributed by atoms with van der Waals surface area (Å²) in [6.45, 7) is 4.98. The first-order valence-electron chi connectivity index (χ1n) is 6.57. The molecule has 1 saturated heterocycles. The molecule has 1 N–H and O–H groups in total. The third kappa shape index (κ3) is 2.40. The molecule has 0 aromatic heterocycles. The molecule has 3 nitrogen and oxygen atoms in total. The van der Waals surface area contributed by atoms with Crippen LogP contribution in [0.5, 0.6) is 0 Å². The van der Waals surface area contributed by atoms with Crippen molar-refractivity contribution in [1.82, 2.24) is 5.32 Å². The zero-order valence-electron chi connectivity index (χ0n) is 10.4. The summed E-state index contributed by atoms with van der Waals surface area (Å²) >= 11 is 0. The van der Waals surface area contributed by atoms with Crippen molar-refractivity contribution in [3.8, 4) is 0 Å². The van der Waals surface area contributed by atoms with E-state index in [0.717, 1.165) is 32.1 Å². The number of ether oxygens (including phenoxy) is 1. The van der Waals surface area contributed by atoms with E-state index in [9.17, 15) is 4.79 Å².